The van der Waals surface area contributed by atoms with Gasteiger partial charge in [-0.3, -0.25) is 9.59 Å². The van der Waals surface area contributed by atoms with Crippen LogP contribution < -0.4 is 5.32 Å². The summed E-state index contributed by atoms with van der Waals surface area (Å²) in [7, 11) is 0. The van der Waals surface area contributed by atoms with Crippen molar-refractivity contribution in [3.05, 3.63) is 5.01 Å². The third-order valence-corrected chi connectivity index (χ3v) is 5.50. The van der Waals surface area contributed by atoms with Gasteiger partial charge in [0.25, 0.3) is 0 Å². The Bertz CT molecular complexity index is 565. The van der Waals surface area contributed by atoms with Crippen LogP contribution in [0.1, 0.15) is 44.0 Å². The highest BCUT2D eigenvalue weighted by Gasteiger charge is 2.66. The molecule has 0 aromatic carbocycles. The van der Waals surface area contributed by atoms with Gasteiger partial charge in [0.15, 0.2) is 0 Å². The zero-order chi connectivity index (χ0) is 14.5. The van der Waals surface area contributed by atoms with Gasteiger partial charge in [0.05, 0.1) is 11.8 Å². The summed E-state index contributed by atoms with van der Waals surface area (Å²) >= 11 is 1.40. The topological polar surface area (TPSA) is 92.2 Å². The molecular weight excluding hydrogens is 278 g/mol. The third-order valence-electron chi connectivity index (χ3n) is 4.50. The highest BCUT2D eigenvalue weighted by molar-refractivity contribution is 7.15. The quantitative estimate of drug-likeness (QED) is 0.887. The van der Waals surface area contributed by atoms with Crippen LogP contribution in [0.4, 0.5) is 5.13 Å². The molecular formula is C13H17N3O3S. The normalized spacial score (nSPS) is 27.7. The summed E-state index contributed by atoms with van der Waals surface area (Å²) in [4.78, 5) is 23.2. The minimum absolute atomic E-state index is 0.265. The molecule has 3 rings (SSSR count). The van der Waals surface area contributed by atoms with Gasteiger partial charge in [-0.25, -0.2) is 0 Å². The number of carbonyl (C=O) groups excluding carboxylic acids is 1. The van der Waals surface area contributed by atoms with Gasteiger partial charge in [-0.2, -0.15) is 0 Å². The zero-order valence-corrected chi connectivity index (χ0v) is 12.2. The van der Waals surface area contributed by atoms with Gasteiger partial charge in [-0.05, 0) is 18.3 Å². The van der Waals surface area contributed by atoms with Crippen molar-refractivity contribution in [1.29, 1.82) is 0 Å². The van der Waals surface area contributed by atoms with E-state index in [1.165, 1.54) is 17.8 Å². The van der Waals surface area contributed by atoms with Crippen molar-refractivity contribution in [2.24, 2.45) is 17.3 Å². The monoisotopic (exact) mass is 295 g/mol. The van der Waals surface area contributed by atoms with E-state index >= 15 is 0 Å². The summed E-state index contributed by atoms with van der Waals surface area (Å²) < 4.78 is 0. The molecule has 2 N–H and O–H groups in total. The Morgan fingerprint density at radius 2 is 2.00 bits per heavy atom. The second kappa shape index (κ2) is 4.51. The van der Waals surface area contributed by atoms with Crippen LogP contribution in [0.5, 0.6) is 0 Å². The van der Waals surface area contributed by atoms with Crippen molar-refractivity contribution >= 4 is 28.3 Å². The molecule has 2 saturated carbocycles. The highest BCUT2D eigenvalue weighted by atomic mass is 32.1. The van der Waals surface area contributed by atoms with Crippen LogP contribution in [0.25, 0.3) is 0 Å². The van der Waals surface area contributed by atoms with Crippen LogP contribution in [-0.4, -0.2) is 27.2 Å². The van der Waals surface area contributed by atoms with E-state index in [0.717, 1.165) is 17.8 Å². The summed E-state index contributed by atoms with van der Waals surface area (Å²) in [5.74, 6) is -1.79. The second-order valence-corrected chi connectivity index (χ2v) is 7.19. The maximum absolute atomic E-state index is 12.1. The first-order valence-electron chi connectivity index (χ1n) is 6.78. The number of amides is 1. The predicted molar refractivity (Wildman–Crippen MR) is 73.5 cm³/mol. The van der Waals surface area contributed by atoms with Gasteiger partial charge in [-0.15, -0.1) is 10.2 Å². The number of hydrogen-bond acceptors (Lipinski definition) is 5. The fourth-order valence-electron chi connectivity index (χ4n) is 2.88. The van der Waals surface area contributed by atoms with Gasteiger partial charge in [0, 0.05) is 5.92 Å². The Morgan fingerprint density at radius 1 is 1.30 bits per heavy atom. The number of anilines is 1. The minimum atomic E-state index is -0.914. The summed E-state index contributed by atoms with van der Waals surface area (Å²) in [6.07, 6.45) is 3.50. The molecule has 1 aromatic rings. The van der Waals surface area contributed by atoms with Crippen molar-refractivity contribution < 1.29 is 14.7 Å². The van der Waals surface area contributed by atoms with Crippen molar-refractivity contribution in [2.75, 3.05) is 5.32 Å². The minimum Gasteiger partial charge on any atom is -0.481 e. The van der Waals surface area contributed by atoms with Gasteiger partial charge in [-0.1, -0.05) is 31.6 Å². The molecule has 108 valence electrons. The summed E-state index contributed by atoms with van der Waals surface area (Å²) in [6.45, 7) is 3.60. The number of nitrogens with one attached hydrogen (secondary N) is 1. The molecule has 0 bridgehead atoms. The molecule has 0 spiro atoms. The van der Waals surface area contributed by atoms with Crippen LogP contribution >= 0.6 is 11.3 Å². The van der Waals surface area contributed by atoms with Crippen molar-refractivity contribution in [2.45, 2.75) is 39.0 Å². The largest absolute Gasteiger partial charge is 0.481 e. The molecule has 0 aliphatic heterocycles. The molecule has 2 atom stereocenters. The van der Waals surface area contributed by atoms with Gasteiger partial charge in [0.2, 0.25) is 11.0 Å². The summed E-state index contributed by atoms with van der Waals surface area (Å²) in [6, 6.07) is 0. The first-order valence-corrected chi connectivity index (χ1v) is 7.60. The Kier molecular flexibility index (Phi) is 3.04. The number of nitrogens with zero attached hydrogens (tertiary/aromatic N) is 2. The number of carbonyl (C=O) groups is 2. The lowest BCUT2D eigenvalue weighted by Crippen LogP contribution is -2.17. The number of aliphatic carboxylic acids is 1. The number of carboxylic acid groups (broad SMARTS) is 1. The Morgan fingerprint density at radius 3 is 2.50 bits per heavy atom. The molecule has 20 heavy (non-hydrogen) atoms. The van der Waals surface area contributed by atoms with Crippen LogP contribution in [-0.2, 0) is 9.59 Å². The van der Waals surface area contributed by atoms with Gasteiger partial charge in [0.1, 0.15) is 5.01 Å². The standard InChI is InChI=1S/C13H17N3O3S/c1-13(2)7(8(13)11(18)19)9(17)14-12-16-15-10(20-12)6-4-3-5-6/h6-8H,3-5H2,1-2H3,(H,18,19)(H,14,16,17)/t7-,8-/m1/s1. The second-order valence-electron chi connectivity index (χ2n) is 6.18. The van der Waals surface area contributed by atoms with Crippen LogP contribution in [0.15, 0.2) is 0 Å². The maximum Gasteiger partial charge on any atom is 0.307 e. The highest BCUT2D eigenvalue weighted by Crippen LogP contribution is 2.58. The molecule has 2 aliphatic carbocycles. The van der Waals surface area contributed by atoms with Crippen molar-refractivity contribution in [3.63, 3.8) is 0 Å². The van der Waals surface area contributed by atoms with E-state index in [4.69, 9.17) is 5.11 Å². The lowest BCUT2D eigenvalue weighted by molar-refractivity contribution is -0.140. The molecule has 0 radical (unpaired) electrons. The SMILES string of the molecule is CC1(C)[C@@H](C(=O)O)[C@@H]1C(=O)Nc1nnc(C2CCC2)s1. The number of hydrogen-bond donors (Lipinski definition) is 2. The lowest BCUT2D eigenvalue weighted by atomic mass is 9.86. The molecule has 7 heteroatoms. The third kappa shape index (κ3) is 2.09. The van der Waals surface area contributed by atoms with E-state index in [0.29, 0.717) is 11.0 Å². The van der Waals surface area contributed by atoms with E-state index in [-0.39, 0.29) is 5.91 Å². The number of rotatable bonds is 4. The average Bonchev–Trinajstić information content (AvgIpc) is 2.62. The van der Waals surface area contributed by atoms with Crippen LogP contribution in [0.3, 0.4) is 0 Å². The summed E-state index contributed by atoms with van der Waals surface area (Å²) in [5, 5.41) is 21.3. The first kappa shape index (κ1) is 13.5. The van der Waals surface area contributed by atoms with E-state index < -0.39 is 23.2 Å². The Hall–Kier alpha value is -1.50. The van der Waals surface area contributed by atoms with E-state index in [2.05, 4.69) is 15.5 Å². The van der Waals surface area contributed by atoms with Crippen molar-refractivity contribution in [1.82, 2.24) is 10.2 Å². The molecule has 2 fully saturated rings. The van der Waals surface area contributed by atoms with E-state index in [9.17, 15) is 9.59 Å². The fraction of sp³-hybridized carbons (Fsp3) is 0.692. The van der Waals surface area contributed by atoms with Gasteiger partial charge >= 0.3 is 5.97 Å². The molecule has 1 amide bonds. The molecule has 1 aromatic heterocycles. The van der Waals surface area contributed by atoms with E-state index in [1.54, 1.807) is 13.8 Å². The molecule has 6 nitrogen and oxygen atoms in total. The van der Waals surface area contributed by atoms with Crippen LogP contribution in [0.2, 0.25) is 0 Å². The smallest absolute Gasteiger partial charge is 0.307 e. The van der Waals surface area contributed by atoms with Crippen LogP contribution in [0, 0.1) is 17.3 Å². The molecule has 1 heterocycles. The fourth-order valence-corrected chi connectivity index (χ4v) is 3.79. The molecule has 2 aliphatic rings. The lowest BCUT2D eigenvalue weighted by Gasteiger charge is -2.21. The molecule has 0 unspecified atom stereocenters. The Balaban J connectivity index is 1.65. The number of aromatic nitrogens is 2. The summed E-state index contributed by atoms with van der Waals surface area (Å²) in [5.41, 5.74) is -0.489. The zero-order valence-electron chi connectivity index (χ0n) is 11.4. The van der Waals surface area contributed by atoms with Crippen molar-refractivity contribution in [3.8, 4) is 0 Å². The predicted octanol–water partition coefficient (Wildman–Crippen LogP) is 2.10. The number of carboxylic acids is 1. The first-order chi connectivity index (χ1) is 9.41. The van der Waals surface area contributed by atoms with Gasteiger partial charge < -0.3 is 10.4 Å². The average molecular weight is 295 g/mol. The maximum atomic E-state index is 12.1. The molecule has 0 saturated heterocycles. The van der Waals surface area contributed by atoms with E-state index in [1.807, 2.05) is 0 Å². The Labute approximate surface area is 120 Å².